The number of hydrogen-bond donors (Lipinski definition) is 0. The van der Waals surface area contributed by atoms with Crippen LogP contribution in [0.15, 0.2) is 58.3 Å². The van der Waals surface area contributed by atoms with Crippen LogP contribution in [0.25, 0.3) is 0 Å². The van der Waals surface area contributed by atoms with Crippen LogP contribution in [0.4, 0.5) is 0 Å². The lowest BCUT2D eigenvalue weighted by Gasteiger charge is -2.34. The van der Waals surface area contributed by atoms with Gasteiger partial charge in [-0.15, -0.1) is 11.8 Å². The number of carbonyl (C=O) groups excluding carboxylic acids is 1. The SMILES string of the molecule is CC(C)Sc1ccccc1C(=O)N1CCN(S(=O)(=O)c2ccc(Cl)cc2)CC1. The van der Waals surface area contributed by atoms with Crippen molar-refractivity contribution in [1.29, 1.82) is 0 Å². The van der Waals surface area contributed by atoms with E-state index in [2.05, 4.69) is 13.8 Å². The Labute approximate surface area is 175 Å². The Morgan fingerprint density at radius 2 is 1.61 bits per heavy atom. The van der Waals surface area contributed by atoms with E-state index in [9.17, 15) is 13.2 Å². The molecule has 0 N–H and O–H groups in total. The van der Waals surface area contributed by atoms with Crippen LogP contribution in [0, 0.1) is 0 Å². The first kappa shape index (κ1) is 21.2. The summed E-state index contributed by atoms with van der Waals surface area (Å²) in [5.74, 6) is -0.0488. The molecule has 1 heterocycles. The van der Waals surface area contributed by atoms with Gasteiger partial charge in [0.15, 0.2) is 0 Å². The largest absolute Gasteiger partial charge is 0.336 e. The van der Waals surface area contributed by atoms with Crippen LogP contribution in [-0.4, -0.2) is 55.0 Å². The molecule has 0 radical (unpaired) electrons. The number of sulfonamides is 1. The van der Waals surface area contributed by atoms with Crippen molar-refractivity contribution in [3.63, 3.8) is 0 Å². The Bertz CT molecular complexity index is 938. The van der Waals surface area contributed by atoms with Crippen molar-refractivity contribution in [3.8, 4) is 0 Å². The number of carbonyl (C=O) groups is 1. The summed E-state index contributed by atoms with van der Waals surface area (Å²) in [6.07, 6.45) is 0. The van der Waals surface area contributed by atoms with Gasteiger partial charge in [0.1, 0.15) is 0 Å². The van der Waals surface area contributed by atoms with Gasteiger partial charge < -0.3 is 4.90 Å². The molecule has 0 bridgehead atoms. The molecule has 0 aliphatic carbocycles. The van der Waals surface area contributed by atoms with E-state index in [0.29, 0.717) is 28.9 Å². The molecular formula is C20H23ClN2O3S2. The first-order valence-electron chi connectivity index (χ1n) is 9.09. The van der Waals surface area contributed by atoms with Crippen LogP contribution >= 0.6 is 23.4 Å². The lowest BCUT2D eigenvalue weighted by molar-refractivity contribution is 0.0694. The van der Waals surface area contributed by atoms with E-state index in [0.717, 1.165) is 4.90 Å². The number of thioether (sulfide) groups is 1. The van der Waals surface area contributed by atoms with Crippen molar-refractivity contribution >= 4 is 39.3 Å². The summed E-state index contributed by atoms with van der Waals surface area (Å²) in [4.78, 5) is 15.9. The maximum atomic E-state index is 13.0. The Kier molecular flexibility index (Phi) is 6.70. The predicted molar refractivity (Wildman–Crippen MR) is 114 cm³/mol. The predicted octanol–water partition coefficient (Wildman–Crippen LogP) is 3.99. The fraction of sp³-hybridized carbons (Fsp3) is 0.350. The Morgan fingerprint density at radius 3 is 2.21 bits per heavy atom. The topological polar surface area (TPSA) is 57.7 Å². The molecular weight excluding hydrogens is 416 g/mol. The van der Waals surface area contributed by atoms with E-state index in [1.165, 1.54) is 16.4 Å². The fourth-order valence-corrected chi connectivity index (χ4v) is 5.55. The number of hydrogen-bond acceptors (Lipinski definition) is 4. The molecule has 3 rings (SSSR count). The van der Waals surface area contributed by atoms with Crippen molar-refractivity contribution in [1.82, 2.24) is 9.21 Å². The lowest BCUT2D eigenvalue weighted by Crippen LogP contribution is -2.50. The van der Waals surface area contributed by atoms with Crippen LogP contribution in [0.3, 0.4) is 0 Å². The van der Waals surface area contributed by atoms with Crippen molar-refractivity contribution in [2.45, 2.75) is 28.9 Å². The van der Waals surface area contributed by atoms with E-state index < -0.39 is 10.0 Å². The lowest BCUT2D eigenvalue weighted by atomic mass is 10.2. The van der Waals surface area contributed by atoms with Gasteiger partial charge in [-0.05, 0) is 36.4 Å². The van der Waals surface area contributed by atoms with Crippen molar-refractivity contribution in [3.05, 3.63) is 59.1 Å². The van der Waals surface area contributed by atoms with Crippen LogP contribution in [0.1, 0.15) is 24.2 Å². The summed E-state index contributed by atoms with van der Waals surface area (Å²) in [5.41, 5.74) is 0.676. The molecule has 1 aliphatic rings. The number of nitrogens with zero attached hydrogens (tertiary/aromatic N) is 2. The monoisotopic (exact) mass is 438 g/mol. The molecule has 0 spiro atoms. The van der Waals surface area contributed by atoms with Crippen LogP contribution in [-0.2, 0) is 10.0 Å². The minimum atomic E-state index is -3.58. The van der Waals surface area contributed by atoms with Gasteiger partial charge in [-0.25, -0.2) is 8.42 Å². The average Bonchev–Trinajstić information content (AvgIpc) is 2.68. The summed E-state index contributed by atoms with van der Waals surface area (Å²) >= 11 is 7.51. The number of halogens is 1. The minimum absolute atomic E-state index is 0.0488. The zero-order valence-electron chi connectivity index (χ0n) is 15.8. The third kappa shape index (κ3) is 4.71. The molecule has 0 saturated carbocycles. The number of amides is 1. The van der Waals surface area contributed by atoms with Crippen LogP contribution in [0.2, 0.25) is 5.02 Å². The van der Waals surface area contributed by atoms with Crippen molar-refractivity contribution < 1.29 is 13.2 Å². The van der Waals surface area contributed by atoms with Crippen molar-refractivity contribution in [2.24, 2.45) is 0 Å². The highest BCUT2D eigenvalue weighted by molar-refractivity contribution is 8.00. The molecule has 2 aromatic rings. The number of piperazine rings is 1. The molecule has 1 amide bonds. The van der Waals surface area contributed by atoms with E-state index in [4.69, 9.17) is 11.6 Å². The Balaban J connectivity index is 1.70. The van der Waals surface area contributed by atoms with E-state index in [-0.39, 0.29) is 23.9 Å². The molecule has 150 valence electrons. The van der Waals surface area contributed by atoms with E-state index >= 15 is 0 Å². The van der Waals surface area contributed by atoms with E-state index in [1.54, 1.807) is 28.8 Å². The molecule has 28 heavy (non-hydrogen) atoms. The number of rotatable bonds is 5. The van der Waals surface area contributed by atoms with Gasteiger partial charge >= 0.3 is 0 Å². The maximum Gasteiger partial charge on any atom is 0.255 e. The standard InChI is InChI=1S/C20H23ClN2O3S2/c1-15(2)27-19-6-4-3-5-18(19)20(24)22-11-13-23(14-12-22)28(25,26)17-9-7-16(21)8-10-17/h3-10,15H,11-14H2,1-2H3. The first-order valence-corrected chi connectivity index (χ1v) is 11.8. The van der Waals surface area contributed by atoms with Gasteiger partial charge in [-0.1, -0.05) is 37.6 Å². The highest BCUT2D eigenvalue weighted by Gasteiger charge is 2.31. The van der Waals surface area contributed by atoms with Gasteiger partial charge in [-0.2, -0.15) is 4.31 Å². The number of benzene rings is 2. The summed E-state index contributed by atoms with van der Waals surface area (Å²) < 4.78 is 27.0. The van der Waals surface area contributed by atoms with E-state index in [1.807, 2.05) is 24.3 Å². The van der Waals surface area contributed by atoms with Crippen molar-refractivity contribution in [2.75, 3.05) is 26.2 Å². The highest BCUT2D eigenvalue weighted by atomic mass is 35.5. The molecule has 2 aromatic carbocycles. The molecule has 0 unspecified atom stereocenters. The molecule has 1 fully saturated rings. The smallest absolute Gasteiger partial charge is 0.255 e. The summed E-state index contributed by atoms with van der Waals surface area (Å²) in [5, 5.41) is 0.864. The second-order valence-corrected chi connectivity index (χ2v) is 10.8. The molecule has 1 aliphatic heterocycles. The molecule has 5 nitrogen and oxygen atoms in total. The quantitative estimate of drug-likeness (QED) is 0.662. The maximum absolute atomic E-state index is 13.0. The molecule has 1 saturated heterocycles. The van der Waals surface area contributed by atoms with Crippen LogP contribution < -0.4 is 0 Å². The molecule has 0 aromatic heterocycles. The zero-order valence-corrected chi connectivity index (χ0v) is 18.2. The average molecular weight is 439 g/mol. The van der Waals surface area contributed by atoms with Gasteiger partial charge in [0.2, 0.25) is 10.0 Å². The molecule has 8 heteroatoms. The summed E-state index contributed by atoms with van der Waals surface area (Å²) in [7, 11) is -3.58. The molecule has 0 atom stereocenters. The van der Waals surface area contributed by atoms with Gasteiger partial charge in [0.05, 0.1) is 10.5 Å². The Hall–Kier alpha value is -1.54. The first-order chi connectivity index (χ1) is 13.3. The second-order valence-electron chi connectivity index (χ2n) is 6.81. The summed E-state index contributed by atoms with van der Waals surface area (Å²) in [6.45, 7) is 5.46. The third-order valence-electron chi connectivity index (χ3n) is 4.46. The second kappa shape index (κ2) is 8.86. The highest BCUT2D eigenvalue weighted by Crippen LogP contribution is 2.28. The van der Waals surface area contributed by atoms with Gasteiger partial charge in [0.25, 0.3) is 5.91 Å². The zero-order chi connectivity index (χ0) is 20.3. The van der Waals surface area contributed by atoms with Gasteiger partial charge in [0, 0.05) is 41.3 Å². The summed E-state index contributed by atoms with van der Waals surface area (Å²) in [6, 6.07) is 13.7. The third-order valence-corrected chi connectivity index (χ3v) is 7.70. The van der Waals surface area contributed by atoms with Crippen LogP contribution in [0.5, 0.6) is 0 Å². The fourth-order valence-electron chi connectivity index (χ4n) is 3.06. The van der Waals surface area contributed by atoms with Gasteiger partial charge in [-0.3, -0.25) is 4.79 Å². The Morgan fingerprint density at radius 1 is 1.00 bits per heavy atom. The minimum Gasteiger partial charge on any atom is -0.336 e. The normalized spacial score (nSPS) is 15.8.